The molecule has 21 heavy (non-hydrogen) atoms. The second-order valence-electron chi connectivity index (χ2n) is 5.60. The van der Waals surface area contributed by atoms with Crippen LogP contribution in [0.2, 0.25) is 0 Å². The number of hydrogen-bond acceptors (Lipinski definition) is 4. The van der Waals surface area contributed by atoms with Crippen LogP contribution < -0.4 is 0 Å². The molecule has 0 aliphatic carbocycles. The molecule has 0 bridgehead atoms. The van der Waals surface area contributed by atoms with Crippen molar-refractivity contribution >= 4 is 16.9 Å². The lowest BCUT2D eigenvalue weighted by Crippen LogP contribution is -2.40. The first-order valence-electron chi connectivity index (χ1n) is 7.05. The van der Waals surface area contributed by atoms with Gasteiger partial charge in [0.1, 0.15) is 11.3 Å². The lowest BCUT2D eigenvalue weighted by Gasteiger charge is -2.26. The largest absolute Gasteiger partial charge is 0.481 e. The van der Waals surface area contributed by atoms with Crippen LogP contribution in [0.4, 0.5) is 0 Å². The summed E-state index contributed by atoms with van der Waals surface area (Å²) in [5.74, 6) is -0.375. The zero-order chi connectivity index (χ0) is 15.0. The van der Waals surface area contributed by atoms with Crippen molar-refractivity contribution in [3.05, 3.63) is 35.6 Å². The Morgan fingerprint density at radius 1 is 1.38 bits per heavy atom. The van der Waals surface area contributed by atoms with Gasteiger partial charge in [-0.2, -0.15) is 0 Å². The summed E-state index contributed by atoms with van der Waals surface area (Å²) < 4.78 is 11.1. The van der Waals surface area contributed by atoms with Crippen LogP contribution >= 0.6 is 0 Å². The first-order valence-corrected chi connectivity index (χ1v) is 7.05. The number of furan rings is 1. The Morgan fingerprint density at radius 3 is 2.90 bits per heavy atom. The van der Waals surface area contributed by atoms with Crippen LogP contribution in [0.1, 0.15) is 11.3 Å². The predicted octanol–water partition coefficient (Wildman–Crippen LogP) is 2.27. The number of ether oxygens (including phenoxy) is 1. The molecule has 1 aliphatic rings. The molecule has 2 heterocycles. The van der Waals surface area contributed by atoms with Gasteiger partial charge in [-0.3, -0.25) is 9.69 Å². The van der Waals surface area contributed by atoms with Crippen molar-refractivity contribution in [3.8, 4) is 0 Å². The number of hydrogen-bond donors (Lipinski definition) is 1. The number of rotatable bonds is 4. The standard InChI is InChI=1S/C16H19NO4/c1-10-12(11-5-3-4-6-15(11)21-10)7-17(2)14-9-20-8-13(14)16(18)19/h3-6,13-14H,7-9H2,1-2H3,(H,18,19). The fourth-order valence-corrected chi connectivity index (χ4v) is 3.00. The van der Waals surface area contributed by atoms with Gasteiger partial charge in [0.2, 0.25) is 0 Å². The fraction of sp³-hybridized carbons (Fsp3) is 0.438. The second kappa shape index (κ2) is 5.50. The Kier molecular flexibility index (Phi) is 3.69. The van der Waals surface area contributed by atoms with E-state index in [9.17, 15) is 9.90 Å². The van der Waals surface area contributed by atoms with Crippen LogP contribution in [-0.2, 0) is 16.1 Å². The number of carboxylic acids is 1. The molecule has 2 aromatic rings. The quantitative estimate of drug-likeness (QED) is 0.935. The summed E-state index contributed by atoms with van der Waals surface area (Å²) in [7, 11) is 1.94. The third-order valence-electron chi connectivity index (χ3n) is 4.24. The highest BCUT2D eigenvalue weighted by molar-refractivity contribution is 5.82. The van der Waals surface area contributed by atoms with Gasteiger partial charge in [0.25, 0.3) is 0 Å². The van der Waals surface area contributed by atoms with E-state index in [1.807, 2.05) is 38.2 Å². The van der Waals surface area contributed by atoms with Crippen LogP contribution in [0.3, 0.4) is 0 Å². The van der Waals surface area contributed by atoms with Crippen molar-refractivity contribution in [3.63, 3.8) is 0 Å². The number of nitrogens with zero attached hydrogens (tertiary/aromatic N) is 1. The molecule has 5 nitrogen and oxygen atoms in total. The number of carboxylic acid groups (broad SMARTS) is 1. The number of aliphatic carboxylic acids is 1. The molecule has 1 aliphatic heterocycles. The maximum atomic E-state index is 11.3. The van der Waals surface area contributed by atoms with Gasteiger partial charge < -0.3 is 14.3 Å². The Hall–Kier alpha value is -1.85. The Labute approximate surface area is 123 Å². The van der Waals surface area contributed by atoms with Gasteiger partial charge in [0.05, 0.1) is 19.1 Å². The smallest absolute Gasteiger partial charge is 0.310 e. The summed E-state index contributed by atoms with van der Waals surface area (Å²) in [6.45, 7) is 3.35. The molecular formula is C16H19NO4. The molecule has 1 saturated heterocycles. The van der Waals surface area contributed by atoms with Gasteiger partial charge in [-0.25, -0.2) is 0 Å². The topological polar surface area (TPSA) is 62.9 Å². The first-order chi connectivity index (χ1) is 10.1. The third kappa shape index (κ3) is 2.54. The van der Waals surface area contributed by atoms with Crippen LogP contribution in [0, 0.1) is 12.8 Å². The molecule has 5 heteroatoms. The van der Waals surface area contributed by atoms with Crippen molar-refractivity contribution in [1.82, 2.24) is 4.90 Å². The van der Waals surface area contributed by atoms with E-state index in [0.29, 0.717) is 13.2 Å². The van der Waals surface area contributed by atoms with Crippen LogP contribution in [0.5, 0.6) is 0 Å². The summed E-state index contributed by atoms with van der Waals surface area (Å²) >= 11 is 0. The summed E-state index contributed by atoms with van der Waals surface area (Å²) in [5, 5.41) is 10.4. The summed E-state index contributed by atoms with van der Waals surface area (Å²) in [6, 6.07) is 7.82. The minimum atomic E-state index is -0.793. The van der Waals surface area contributed by atoms with E-state index in [-0.39, 0.29) is 12.6 Å². The van der Waals surface area contributed by atoms with E-state index < -0.39 is 11.9 Å². The molecular weight excluding hydrogens is 270 g/mol. The molecule has 1 N–H and O–H groups in total. The van der Waals surface area contributed by atoms with Gasteiger partial charge in [-0.05, 0) is 20.0 Å². The Balaban J connectivity index is 1.85. The SMILES string of the molecule is Cc1oc2ccccc2c1CN(C)C1COCC1C(=O)O. The molecule has 0 saturated carbocycles. The number of carbonyl (C=O) groups is 1. The highest BCUT2D eigenvalue weighted by Gasteiger charge is 2.36. The van der Waals surface area contributed by atoms with E-state index in [1.54, 1.807) is 0 Å². The summed E-state index contributed by atoms with van der Waals surface area (Å²) in [5.41, 5.74) is 1.99. The van der Waals surface area contributed by atoms with E-state index >= 15 is 0 Å². The average molecular weight is 289 g/mol. The van der Waals surface area contributed by atoms with Crippen LogP contribution in [0.25, 0.3) is 11.0 Å². The Morgan fingerprint density at radius 2 is 2.14 bits per heavy atom. The molecule has 2 atom stereocenters. The molecule has 1 aromatic carbocycles. The van der Waals surface area contributed by atoms with E-state index in [1.165, 1.54) is 0 Å². The summed E-state index contributed by atoms with van der Waals surface area (Å²) in [4.78, 5) is 13.3. The monoisotopic (exact) mass is 289 g/mol. The van der Waals surface area contributed by atoms with Crippen molar-refractivity contribution < 1.29 is 19.1 Å². The molecule has 112 valence electrons. The average Bonchev–Trinajstić information content (AvgIpc) is 3.04. The Bertz CT molecular complexity index is 663. The lowest BCUT2D eigenvalue weighted by atomic mass is 10.0. The molecule has 2 unspecified atom stereocenters. The van der Waals surface area contributed by atoms with Crippen molar-refractivity contribution in [2.75, 3.05) is 20.3 Å². The molecule has 3 rings (SSSR count). The van der Waals surface area contributed by atoms with Gasteiger partial charge in [-0.1, -0.05) is 18.2 Å². The highest BCUT2D eigenvalue weighted by atomic mass is 16.5. The van der Waals surface area contributed by atoms with Gasteiger partial charge in [0, 0.05) is 23.5 Å². The van der Waals surface area contributed by atoms with E-state index in [4.69, 9.17) is 9.15 Å². The molecule has 1 fully saturated rings. The zero-order valence-corrected chi connectivity index (χ0v) is 12.2. The number of aryl methyl sites for hydroxylation is 1. The molecule has 0 spiro atoms. The van der Waals surface area contributed by atoms with Gasteiger partial charge >= 0.3 is 5.97 Å². The third-order valence-corrected chi connectivity index (χ3v) is 4.24. The molecule has 0 amide bonds. The van der Waals surface area contributed by atoms with Crippen molar-refractivity contribution in [2.24, 2.45) is 5.92 Å². The van der Waals surface area contributed by atoms with Crippen LogP contribution in [-0.4, -0.2) is 42.3 Å². The summed E-state index contributed by atoms with van der Waals surface area (Å²) in [6.07, 6.45) is 0. The lowest BCUT2D eigenvalue weighted by molar-refractivity contribution is -0.143. The van der Waals surface area contributed by atoms with Gasteiger partial charge in [-0.15, -0.1) is 0 Å². The normalized spacial score (nSPS) is 22.2. The predicted molar refractivity (Wildman–Crippen MR) is 78.2 cm³/mol. The second-order valence-corrected chi connectivity index (χ2v) is 5.60. The number of fused-ring (bicyclic) bond motifs is 1. The molecule has 1 aromatic heterocycles. The van der Waals surface area contributed by atoms with Gasteiger partial charge in [0.15, 0.2) is 0 Å². The highest BCUT2D eigenvalue weighted by Crippen LogP contribution is 2.28. The van der Waals surface area contributed by atoms with Crippen LogP contribution in [0.15, 0.2) is 28.7 Å². The first kappa shape index (κ1) is 14.1. The zero-order valence-electron chi connectivity index (χ0n) is 12.2. The molecule has 0 radical (unpaired) electrons. The fourth-order valence-electron chi connectivity index (χ4n) is 3.00. The number of likely N-dealkylation sites (N-methyl/N-ethyl adjacent to an activating group) is 1. The number of para-hydroxylation sites is 1. The minimum absolute atomic E-state index is 0.101. The number of benzene rings is 1. The maximum absolute atomic E-state index is 11.3. The van der Waals surface area contributed by atoms with E-state index in [2.05, 4.69) is 4.90 Å². The van der Waals surface area contributed by atoms with Crippen molar-refractivity contribution in [1.29, 1.82) is 0 Å². The minimum Gasteiger partial charge on any atom is -0.481 e. The van der Waals surface area contributed by atoms with E-state index in [0.717, 1.165) is 22.3 Å². The maximum Gasteiger partial charge on any atom is 0.310 e. The van der Waals surface area contributed by atoms with Crippen molar-refractivity contribution in [2.45, 2.75) is 19.5 Å².